The first kappa shape index (κ1) is 23.7. The number of nitrogens with zero attached hydrogens (tertiary/aromatic N) is 5. The van der Waals surface area contributed by atoms with Gasteiger partial charge in [0.15, 0.2) is 4.80 Å². The van der Waals surface area contributed by atoms with Gasteiger partial charge >= 0.3 is 5.97 Å². The molecule has 0 radical (unpaired) electrons. The van der Waals surface area contributed by atoms with Crippen LogP contribution in [0.15, 0.2) is 51.5 Å². The molecule has 3 aromatic rings. The Morgan fingerprint density at radius 3 is 2.50 bits per heavy atom. The summed E-state index contributed by atoms with van der Waals surface area (Å²) < 4.78 is 9.41. The molecule has 178 valence electrons. The molecule has 0 saturated heterocycles. The molecular formula is C25H29N5O3S. The maximum absolute atomic E-state index is 13.7. The van der Waals surface area contributed by atoms with Crippen LogP contribution in [-0.2, 0) is 16.1 Å². The van der Waals surface area contributed by atoms with Gasteiger partial charge in [-0.05, 0) is 51.5 Å². The highest BCUT2D eigenvalue weighted by molar-refractivity contribution is 7.07. The molecule has 0 bridgehead atoms. The van der Waals surface area contributed by atoms with Gasteiger partial charge in [0.25, 0.3) is 5.56 Å². The fourth-order valence-electron chi connectivity index (χ4n) is 4.12. The van der Waals surface area contributed by atoms with Crippen molar-refractivity contribution in [3.05, 3.63) is 78.2 Å². The summed E-state index contributed by atoms with van der Waals surface area (Å²) in [5.74, 6) is -0.459. The lowest BCUT2D eigenvalue weighted by atomic mass is 9.95. The number of fused-ring (bicyclic) bond motifs is 1. The molecule has 0 aliphatic carbocycles. The number of carbonyl (C=O) groups is 1. The highest BCUT2D eigenvalue weighted by atomic mass is 32.1. The zero-order valence-electron chi connectivity index (χ0n) is 20.3. The van der Waals surface area contributed by atoms with E-state index in [0.717, 1.165) is 29.1 Å². The van der Waals surface area contributed by atoms with Crippen molar-refractivity contribution in [2.24, 2.45) is 4.99 Å². The molecule has 0 fully saturated rings. The van der Waals surface area contributed by atoms with Crippen LogP contribution in [0.3, 0.4) is 0 Å². The van der Waals surface area contributed by atoms with Crippen LogP contribution in [-0.4, -0.2) is 41.0 Å². The quantitative estimate of drug-likeness (QED) is 0.507. The summed E-state index contributed by atoms with van der Waals surface area (Å²) >= 11 is 1.32. The van der Waals surface area contributed by atoms with E-state index in [0.29, 0.717) is 20.6 Å². The molecule has 1 aromatic carbocycles. The van der Waals surface area contributed by atoms with Gasteiger partial charge in [0, 0.05) is 37.6 Å². The lowest BCUT2D eigenvalue weighted by Crippen LogP contribution is -2.40. The van der Waals surface area contributed by atoms with Crippen LogP contribution < -0.4 is 19.8 Å². The number of hydrogen-bond donors (Lipinski definition) is 0. The number of aromatic nitrogens is 3. The van der Waals surface area contributed by atoms with Crippen LogP contribution in [0.1, 0.15) is 43.6 Å². The van der Waals surface area contributed by atoms with Crippen LogP contribution >= 0.6 is 11.3 Å². The van der Waals surface area contributed by atoms with Crippen molar-refractivity contribution >= 4 is 29.1 Å². The predicted molar refractivity (Wildman–Crippen MR) is 134 cm³/mol. The third-order valence-electron chi connectivity index (χ3n) is 5.97. The lowest BCUT2D eigenvalue weighted by Gasteiger charge is -2.25. The third-order valence-corrected chi connectivity index (χ3v) is 6.95. The van der Waals surface area contributed by atoms with Gasteiger partial charge in [-0.3, -0.25) is 14.0 Å². The average molecular weight is 480 g/mol. The molecule has 1 aliphatic heterocycles. The molecule has 0 amide bonds. The van der Waals surface area contributed by atoms with E-state index in [-0.39, 0.29) is 12.2 Å². The Morgan fingerprint density at radius 2 is 1.91 bits per heavy atom. The fourth-order valence-corrected chi connectivity index (χ4v) is 5.16. The smallest absolute Gasteiger partial charge is 0.338 e. The first-order valence-corrected chi connectivity index (χ1v) is 12.1. The standard InChI is InChI=1S/C25H29N5O3S/c1-7-29-16(4)18(14-26-29)13-20-23(31)30-22(17-9-11-19(12-10-17)28(5)6)21(24(32)33-8-2)15(3)27-25(30)34-20/h9-14,22H,7-8H2,1-6H3/b20-13-. The minimum Gasteiger partial charge on any atom is -0.463 e. The van der Waals surface area contributed by atoms with E-state index < -0.39 is 12.0 Å². The van der Waals surface area contributed by atoms with E-state index in [9.17, 15) is 9.59 Å². The van der Waals surface area contributed by atoms with Crippen LogP contribution in [0.4, 0.5) is 5.69 Å². The molecule has 0 saturated carbocycles. The Hall–Kier alpha value is -3.46. The number of ether oxygens (including phenoxy) is 1. The minimum absolute atomic E-state index is 0.191. The molecule has 1 unspecified atom stereocenters. The summed E-state index contributed by atoms with van der Waals surface area (Å²) in [6, 6.07) is 7.24. The van der Waals surface area contributed by atoms with Crippen molar-refractivity contribution < 1.29 is 9.53 Å². The zero-order valence-corrected chi connectivity index (χ0v) is 21.1. The second-order valence-electron chi connectivity index (χ2n) is 8.29. The number of rotatable bonds is 6. The van der Waals surface area contributed by atoms with Gasteiger partial charge in [0.2, 0.25) is 0 Å². The van der Waals surface area contributed by atoms with Crippen molar-refractivity contribution in [3.63, 3.8) is 0 Å². The number of carbonyl (C=O) groups excluding carboxylic acids is 1. The van der Waals surface area contributed by atoms with Gasteiger partial charge in [-0.1, -0.05) is 23.5 Å². The maximum atomic E-state index is 13.7. The number of benzene rings is 1. The molecule has 34 heavy (non-hydrogen) atoms. The number of esters is 1. The highest BCUT2D eigenvalue weighted by Crippen LogP contribution is 2.31. The molecular weight excluding hydrogens is 450 g/mol. The topological polar surface area (TPSA) is 81.7 Å². The molecule has 1 atom stereocenters. The molecule has 0 spiro atoms. The van der Waals surface area contributed by atoms with Crippen molar-refractivity contribution in [1.82, 2.24) is 14.3 Å². The average Bonchev–Trinajstić information content (AvgIpc) is 3.32. The van der Waals surface area contributed by atoms with Crippen LogP contribution in [0.2, 0.25) is 0 Å². The molecule has 9 heteroatoms. The van der Waals surface area contributed by atoms with E-state index in [1.807, 2.05) is 67.9 Å². The largest absolute Gasteiger partial charge is 0.463 e. The van der Waals surface area contributed by atoms with Crippen molar-refractivity contribution in [3.8, 4) is 0 Å². The minimum atomic E-state index is -0.617. The normalized spacial score (nSPS) is 15.8. The maximum Gasteiger partial charge on any atom is 0.338 e. The summed E-state index contributed by atoms with van der Waals surface area (Å²) in [5.41, 5.74) is 4.48. The van der Waals surface area contributed by atoms with Gasteiger partial charge in [-0.15, -0.1) is 0 Å². The number of anilines is 1. The van der Waals surface area contributed by atoms with E-state index in [4.69, 9.17) is 4.74 Å². The Morgan fingerprint density at radius 1 is 1.21 bits per heavy atom. The lowest BCUT2D eigenvalue weighted by molar-refractivity contribution is -0.139. The Kier molecular flexibility index (Phi) is 6.56. The monoisotopic (exact) mass is 479 g/mol. The van der Waals surface area contributed by atoms with E-state index >= 15 is 0 Å². The molecule has 2 aromatic heterocycles. The SMILES string of the molecule is CCOC(=O)C1=C(C)N=c2s/c(=C\c3cnn(CC)c3C)c(=O)n2C1c1ccc(N(C)C)cc1. The van der Waals surface area contributed by atoms with E-state index in [2.05, 4.69) is 10.1 Å². The summed E-state index contributed by atoms with van der Waals surface area (Å²) in [7, 11) is 3.93. The van der Waals surface area contributed by atoms with Gasteiger partial charge in [0.1, 0.15) is 0 Å². The van der Waals surface area contributed by atoms with E-state index in [1.165, 1.54) is 11.3 Å². The Balaban J connectivity index is 1.93. The van der Waals surface area contributed by atoms with E-state index in [1.54, 1.807) is 24.6 Å². The van der Waals surface area contributed by atoms with Gasteiger partial charge in [0.05, 0.1) is 34.6 Å². The predicted octanol–water partition coefficient (Wildman–Crippen LogP) is 2.39. The van der Waals surface area contributed by atoms with Crippen molar-refractivity contribution in [1.29, 1.82) is 0 Å². The third kappa shape index (κ3) is 4.11. The number of hydrogen-bond acceptors (Lipinski definition) is 7. The molecule has 8 nitrogen and oxygen atoms in total. The molecule has 1 aliphatic rings. The highest BCUT2D eigenvalue weighted by Gasteiger charge is 2.33. The molecule has 0 N–H and O–H groups in total. The number of allylic oxidation sites excluding steroid dienone is 1. The van der Waals surface area contributed by atoms with Crippen LogP contribution in [0, 0.1) is 6.92 Å². The molecule has 4 rings (SSSR count). The molecule has 3 heterocycles. The van der Waals surface area contributed by atoms with Gasteiger partial charge in [-0.2, -0.15) is 5.10 Å². The summed E-state index contributed by atoms with van der Waals surface area (Å²) in [5, 5.41) is 4.38. The first-order chi connectivity index (χ1) is 16.3. The van der Waals surface area contributed by atoms with Crippen molar-refractivity contribution in [2.75, 3.05) is 25.6 Å². The van der Waals surface area contributed by atoms with Crippen LogP contribution in [0.25, 0.3) is 6.08 Å². The zero-order chi connectivity index (χ0) is 24.6. The Bertz CT molecular complexity index is 1440. The second kappa shape index (κ2) is 9.42. The first-order valence-electron chi connectivity index (χ1n) is 11.3. The second-order valence-corrected chi connectivity index (χ2v) is 9.30. The van der Waals surface area contributed by atoms with Gasteiger partial charge in [-0.25, -0.2) is 9.79 Å². The summed E-state index contributed by atoms with van der Waals surface area (Å²) in [6.45, 7) is 8.57. The Labute approximate surface area is 202 Å². The van der Waals surface area contributed by atoms with Crippen molar-refractivity contribution in [2.45, 2.75) is 40.3 Å². The fraction of sp³-hybridized carbons (Fsp3) is 0.360. The number of aryl methyl sites for hydroxylation is 1. The summed E-state index contributed by atoms with van der Waals surface area (Å²) in [6.07, 6.45) is 3.62. The number of thiazole rings is 1. The summed E-state index contributed by atoms with van der Waals surface area (Å²) in [4.78, 5) is 33.8. The van der Waals surface area contributed by atoms with Crippen LogP contribution in [0.5, 0.6) is 0 Å². The van der Waals surface area contributed by atoms with Gasteiger partial charge < -0.3 is 9.64 Å².